The second kappa shape index (κ2) is 8.96. The zero-order valence-corrected chi connectivity index (χ0v) is 20.0. The Labute approximate surface area is 205 Å². The summed E-state index contributed by atoms with van der Waals surface area (Å²) in [6.07, 6.45) is -0.570. The predicted molar refractivity (Wildman–Crippen MR) is 114 cm³/mol. The maximum absolute atomic E-state index is 14.4. The molecular formula is C23H24FO11S-. The Kier molecular flexibility index (Phi) is 6.20. The first-order chi connectivity index (χ1) is 17.0. The molecule has 0 aromatic heterocycles. The summed E-state index contributed by atoms with van der Waals surface area (Å²) >= 11 is 0. The average Bonchev–Trinajstić information content (AvgIpc) is 3.52. The largest absolute Gasteiger partial charge is 0.748 e. The number of halogens is 1. The fourth-order valence-electron chi connectivity index (χ4n) is 5.47. The minimum absolute atomic E-state index is 0.00331. The predicted octanol–water partition coefficient (Wildman–Crippen LogP) is 1.09. The fourth-order valence-corrected chi connectivity index (χ4v) is 5.76. The van der Waals surface area contributed by atoms with E-state index in [1.54, 1.807) is 0 Å². The Bertz CT molecular complexity index is 1190. The van der Waals surface area contributed by atoms with Crippen LogP contribution in [0.2, 0.25) is 0 Å². The fraction of sp³-hybridized carbons (Fsp3) is 0.609. The highest BCUT2D eigenvalue weighted by Crippen LogP contribution is 2.51. The Morgan fingerprint density at radius 3 is 2.61 bits per heavy atom. The molecule has 36 heavy (non-hydrogen) atoms. The van der Waals surface area contributed by atoms with Gasteiger partial charge in [0.1, 0.15) is 36.3 Å². The van der Waals surface area contributed by atoms with Crippen molar-refractivity contribution in [1.82, 2.24) is 0 Å². The van der Waals surface area contributed by atoms with E-state index in [0.29, 0.717) is 0 Å². The quantitative estimate of drug-likeness (QED) is 0.271. The summed E-state index contributed by atoms with van der Waals surface area (Å²) in [6, 6.07) is 3.57. The smallest absolute Gasteiger partial charge is 0.338 e. The van der Waals surface area contributed by atoms with E-state index in [9.17, 15) is 31.7 Å². The average molecular weight is 527 g/mol. The molecule has 4 aliphatic rings. The summed E-state index contributed by atoms with van der Waals surface area (Å²) in [5.41, 5.74) is -0.537. The molecule has 3 saturated heterocycles. The van der Waals surface area contributed by atoms with Crippen LogP contribution in [0.3, 0.4) is 0 Å². The van der Waals surface area contributed by atoms with Crippen LogP contribution in [0.15, 0.2) is 18.2 Å². The molecule has 0 N–H and O–H groups in total. The van der Waals surface area contributed by atoms with Crippen LogP contribution < -0.4 is 4.74 Å². The molecule has 3 aliphatic heterocycles. The summed E-state index contributed by atoms with van der Waals surface area (Å²) in [4.78, 5) is 38.0. The van der Waals surface area contributed by atoms with Crippen molar-refractivity contribution in [3.8, 4) is 5.75 Å². The van der Waals surface area contributed by atoms with Gasteiger partial charge in [-0.2, -0.15) is 0 Å². The highest BCUT2D eigenvalue weighted by molar-refractivity contribution is 7.85. The van der Waals surface area contributed by atoms with Crippen LogP contribution in [-0.2, 0) is 38.7 Å². The van der Waals surface area contributed by atoms with Gasteiger partial charge in [0.05, 0.1) is 21.4 Å². The van der Waals surface area contributed by atoms with E-state index in [-0.39, 0.29) is 11.3 Å². The molecule has 6 unspecified atom stereocenters. The third-order valence-electron chi connectivity index (χ3n) is 7.18. The molecule has 4 fully saturated rings. The lowest BCUT2D eigenvalue weighted by molar-refractivity contribution is -0.155. The van der Waals surface area contributed by atoms with Crippen molar-refractivity contribution in [2.75, 3.05) is 12.4 Å². The van der Waals surface area contributed by atoms with Gasteiger partial charge < -0.3 is 28.2 Å². The topological polar surface area (TPSA) is 155 Å². The Hall–Kier alpha value is -2.77. The van der Waals surface area contributed by atoms with Crippen LogP contribution in [0.4, 0.5) is 4.39 Å². The van der Waals surface area contributed by atoms with Crippen LogP contribution in [0, 0.1) is 17.7 Å². The molecule has 1 aliphatic carbocycles. The molecular weight excluding hydrogens is 503 g/mol. The summed E-state index contributed by atoms with van der Waals surface area (Å²) in [5.74, 6) is -6.39. The van der Waals surface area contributed by atoms with E-state index in [1.165, 1.54) is 12.1 Å². The van der Waals surface area contributed by atoms with Gasteiger partial charge in [0.25, 0.3) is 0 Å². The van der Waals surface area contributed by atoms with Crippen LogP contribution in [0.5, 0.6) is 5.75 Å². The van der Waals surface area contributed by atoms with Crippen molar-refractivity contribution < 1.29 is 55.4 Å². The van der Waals surface area contributed by atoms with Crippen LogP contribution in [0.1, 0.15) is 43.0 Å². The number of benzene rings is 1. The lowest BCUT2D eigenvalue weighted by atomic mass is 9.78. The second-order valence-corrected chi connectivity index (χ2v) is 11.2. The highest BCUT2D eigenvalue weighted by Gasteiger charge is 2.72. The summed E-state index contributed by atoms with van der Waals surface area (Å²) in [5, 5.41) is 0. The normalized spacial score (nSPS) is 31.8. The number of hydrogen-bond donors (Lipinski definition) is 0. The standard InChI is InChI=1S/C23H25FO11S/c1-23(6-2-3-7-23)35-13-10-11(4-5-12(13)24)20(25)33-18-16-14(21(26)31-8-9-36(28,29)30)15-17(32-16)19(18)34-22(15)27/h4-5,10,14-19H,2-3,6-9H2,1H3,(H,28,29,30)/p-1. The number of esters is 3. The first-order valence-electron chi connectivity index (χ1n) is 11.6. The van der Waals surface area contributed by atoms with Gasteiger partial charge in [-0.1, -0.05) is 0 Å². The van der Waals surface area contributed by atoms with Gasteiger partial charge in [0, 0.05) is 0 Å². The van der Waals surface area contributed by atoms with Crippen molar-refractivity contribution in [3.05, 3.63) is 29.6 Å². The molecule has 2 bridgehead atoms. The number of rotatable bonds is 8. The van der Waals surface area contributed by atoms with Crippen molar-refractivity contribution in [2.45, 2.75) is 62.6 Å². The highest BCUT2D eigenvalue weighted by atomic mass is 32.2. The second-order valence-electron chi connectivity index (χ2n) is 9.72. The summed E-state index contributed by atoms with van der Waals surface area (Å²) < 4.78 is 74.1. The summed E-state index contributed by atoms with van der Waals surface area (Å²) in [7, 11) is -4.61. The molecule has 0 amide bonds. The molecule has 5 rings (SSSR count). The van der Waals surface area contributed by atoms with Gasteiger partial charge in [-0.25, -0.2) is 17.6 Å². The van der Waals surface area contributed by atoms with E-state index < -0.39 is 88.1 Å². The first-order valence-corrected chi connectivity index (χ1v) is 13.2. The number of hydrogen-bond acceptors (Lipinski definition) is 11. The zero-order valence-electron chi connectivity index (χ0n) is 19.2. The zero-order chi connectivity index (χ0) is 25.8. The molecule has 196 valence electrons. The lowest BCUT2D eigenvalue weighted by Gasteiger charge is -2.28. The van der Waals surface area contributed by atoms with Crippen molar-refractivity contribution in [1.29, 1.82) is 0 Å². The Morgan fingerprint density at radius 2 is 1.92 bits per heavy atom. The molecule has 1 saturated carbocycles. The molecule has 13 heteroatoms. The first kappa shape index (κ1) is 24.9. The SMILES string of the molecule is CC1(Oc2cc(C(=O)OC3C4OC(=O)C5C4OC3C5C(=O)OCCS(=O)(=O)[O-])ccc2F)CCCC1. The van der Waals surface area contributed by atoms with Crippen LogP contribution in [0.25, 0.3) is 0 Å². The molecule has 11 nitrogen and oxygen atoms in total. The number of carbonyl (C=O) groups is 3. The van der Waals surface area contributed by atoms with E-state index in [2.05, 4.69) is 0 Å². The molecule has 3 heterocycles. The minimum atomic E-state index is -4.61. The molecule has 0 spiro atoms. The van der Waals surface area contributed by atoms with E-state index in [1.807, 2.05) is 6.92 Å². The minimum Gasteiger partial charge on any atom is -0.748 e. The molecule has 1 aromatic carbocycles. The van der Waals surface area contributed by atoms with Crippen LogP contribution >= 0.6 is 0 Å². The van der Waals surface area contributed by atoms with Crippen LogP contribution in [-0.4, -0.2) is 73.3 Å². The molecule has 0 radical (unpaired) electrons. The van der Waals surface area contributed by atoms with Crippen molar-refractivity contribution in [3.63, 3.8) is 0 Å². The van der Waals surface area contributed by atoms with Gasteiger partial charge in [0.15, 0.2) is 23.8 Å². The summed E-state index contributed by atoms with van der Waals surface area (Å²) in [6.45, 7) is 1.19. The monoisotopic (exact) mass is 527 g/mol. The molecule has 6 atom stereocenters. The van der Waals surface area contributed by atoms with Gasteiger partial charge in [-0.15, -0.1) is 0 Å². The molecule has 1 aromatic rings. The number of fused-ring (bicyclic) bond motifs is 1. The van der Waals surface area contributed by atoms with E-state index in [4.69, 9.17) is 23.7 Å². The maximum Gasteiger partial charge on any atom is 0.338 e. The van der Waals surface area contributed by atoms with Crippen molar-refractivity contribution in [2.24, 2.45) is 11.8 Å². The Balaban J connectivity index is 1.30. The van der Waals surface area contributed by atoms with E-state index >= 15 is 0 Å². The van der Waals surface area contributed by atoms with Crippen molar-refractivity contribution >= 4 is 28.0 Å². The lowest BCUT2D eigenvalue weighted by Crippen LogP contribution is -2.48. The maximum atomic E-state index is 14.4. The van der Waals surface area contributed by atoms with Gasteiger partial charge in [0.2, 0.25) is 0 Å². The van der Waals surface area contributed by atoms with Gasteiger partial charge >= 0.3 is 17.9 Å². The third kappa shape index (κ3) is 4.55. The van der Waals surface area contributed by atoms with E-state index in [0.717, 1.165) is 31.7 Å². The third-order valence-corrected chi connectivity index (χ3v) is 7.85. The van der Waals surface area contributed by atoms with Gasteiger partial charge in [-0.3, -0.25) is 9.59 Å². The Morgan fingerprint density at radius 1 is 1.19 bits per heavy atom. The number of ether oxygens (including phenoxy) is 5. The number of carbonyl (C=O) groups excluding carboxylic acids is 3. The van der Waals surface area contributed by atoms with Gasteiger partial charge in [-0.05, 0) is 50.8 Å².